The Kier molecular flexibility index (Phi) is 7.82. The van der Waals surface area contributed by atoms with Crippen LogP contribution in [0.1, 0.15) is 5.56 Å². The molecule has 8 nitrogen and oxygen atoms in total. The second-order valence-corrected chi connectivity index (χ2v) is 7.30. The summed E-state index contributed by atoms with van der Waals surface area (Å²) in [6, 6.07) is 2.66. The number of nitro benzene ring substituents is 2. The Morgan fingerprint density at radius 2 is 1.58 bits per heavy atom. The quantitative estimate of drug-likeness (QED) is 0.279. The molecule has 31 heavy (non-hydrogen) atoms. The van der Waals surface area contributed by atoms with Gasteiger partial charge < -0.3 is 9.47 Å². The smallest absolute Gasteiger partial charge is 0.420 e. The molecular formula is C16H7Cl4F3N2O6. The van der Waals surface area contributed by atoms with Gasteiger partial charge in [0.25, 0.3) is 5.69 Å². The zero-order valence-corrected chi connectivity index (χ0v) is 17.6. The summed E-state index contributed by atoms with van der Waals surface area (Å²) in [5, 5.41) is 21.5. The van der Waals surface area contributed by atoms with E-state index in [2.05, 4.69) is 0 Å². The van der Waals surface area contributed by atoms with Gasteiger partial charge in [-0.05, 0) is 6.08 Å². The molecule has 0 spiro atoms. The summed E-state index contributed by atoms with van der Waals surface area (Å²) >= 11 is 22.8. The van der Waals surface area contributed by atoms with Crippen molar-refractivity contribution in [1.29, 1.82) is 0 Å². The Balaban J connectivity index is 2.58. The van der Waals surface area contributed by atoms with Crippen LogP contribution in [-0.4, -0.2) is 16.5 Å². The van der Waals surface area contributed by atoms with Crippen LogP contribution in [0.25, 0.3) is 0 Å². The van der Waals surface area contributed by atoms with E-state index in [1.54, 1.807) is 0 Å². The number of benzene rings is 2. The molecule has 0 aliphatic rings. The van der Waals surface area contributed by atoms with E-state index in [1.807, 2.05) is 0 Å². The van der Waals surface area contributed by atoms with Crippen LogP contribution >= 0.6 is 46.4 Å². The molecule has 166 valence electrons. The van der Waals surface area contributed by atoms with Gasteiger partial charge in [-0.15, -0.1) is 0 Å². The molecule has 0 amide bonds. The van der Waals surface area contributed by atoms with E-state index in [1.165, 1.54) is 6.08 Å². The molecule has 0 N–H and O–H groups in total. The van der Waals surface area contributed by atoms with Crippen molar-refractivity contribution in [3.8, 4) is 17.2 Å². The third-order valence-corrected chi connectivity index (χ3v) is 4.30. The van der Waals surface area contributed by atoms with Crippen LogP contribution in [0.4, 0.5) is 24.5 Å². The number of nitro groups is 2. The summed E-state index contributed by atoms with van der Waals surface area (Å²) in [6.07, 6.45) is -3.95. The van der Waals surface area contributed by atoms with Crippen molar-refractivity contribution in [2.75, 3.05) is 6.61 Å². The lowest BCUT2D eigenvalue weighted by molar-refractivity contribution is -0.395. The molecule has 15 heteroatoms. The molecule has 0 heterocycles. The number of halogens is 7. The molecule has 0 aliphatic heterocycles. The Morgan fingerprint density at radius 3 is 2.03 bits per heavy atom. The van der Waals surface area contributed by atoms with Crippen molar-refractivity contribution in [3.63, 3.8) is 0 Å². The normalized spacial score (nSPS) is 11.1. The molecule has 0 saturated carbocycles. The number of non-ortho nitro benzene ring substituents is 1. The van der Waals surface area contributed by atoms with Crippen LogP contribution in [0.2, 0.25) is 10.0 Å². The average Bonchev–Trinajstić information content (AvgIpc) is 2.62. The molecule has 0 atom stereocenters. The zero-order valence-electron chi connectivity index (χ0n) is 14.6. The Morgan fingerprint density at radius 1 is 1.00 bits per heavy atom. The Bertz CT molecular complexity index is 1050. The van der Waals surface area contributed by atoms with Gasteiger partial charge in [-0.2, -0.15) is 13.2 Å². The maximum Gasteiger partial charge on any atom is 0.420 e. The second kappa shape index (κ2) is 9.77. The van der Waals surface area contributed by atoms with E-state index in [4.69, 9.17) is 55.9 Å². The molecule has 2 aromatic rings. The first-order valence-corrected chi connectivity index (χ1v) is 9.17. The van der Waals surface area contributed by atoms with Crippen molar-refractivity contribution in [3.05, 3.63) is 70.7 Å². The molecule has 0 bridgehead atoms. The predicted octanol–water partition coefficient (Wildman–Crippen LogP) is 7.32. The van der Waals surface area contributed by atoms with E-state index in [0.717, 1.165) is 12.1 Å². The van der Waals surface area contributed by atoms with Gasteiger partial charge >= 0.3 is 11.9 Å². The average molecular weight is 522 g/mol. The van der Waals surface area contributed by atoms with E-state index in [9.17, 15) is 33.4 Å². The summed E-state index contributed by atoms with van der Waals surface area (Å²) in [4.78, 5) is 19.7. The number of rotatable bonds is 7. The van der Waals surface area contributed by atoms with Crippen molar-refractivity contribution < 1.29 is 32.5 Å². The predicted molar refractivity (Wildman–Crippen MR) is 107 cm³/mol. The van der Waals surface area contributed by atoms with Gasteiger partial charge in [0.05, 0.1) is 26.0 Å². The van der Waals surface area contributed by atoms with Crippen molar-refractivity contribution >= 4 is 57.8 Å². The highest BCUT2D eigenvalue weighted by atomic mass is 35.5. The maximum atomic E-state index is 13.5. The number of ether oxygens (including phenoxy) is 2. The number of alkyl halides is 3. The summed E-state index contributed by atoms with van der Waals surface area (Å²) in [6.45, 7) is -0.0960. The van der Waals surface area contributed by atoms with Gasteiger partial charge in [0.1, 0.15) is 22.4 Å². The second-order valence-electron chi connectivity index (χ2n) is 5.48. The fourth-order valence-electron chi connectivity index (χ4n) is 2.18. The van der Waals surface area contributed by atoms with Crippen molar-refractivity contribution in [2.45, 2.75) is 6.18 Å². The van der Waals surface area contributed by atoms with Gasteiger partial charge in [-0.3, -0.25) is 20.2 Å². The minimum absolute atomic E-state index is 0.0578. The minimum atomic E-state index is -5.23. The third kappa shape index (κ3) is 6.26. The molecular weight excluding hydrogens is 515 g/mol. The summed E-state index contributed by atoms with van der Waals surface area (Å²) < 4.78 is 50.6. The first-order chi connectivity index (χ1) is 14.3. The van der Waals surface area contributed by atoms with Gasteiger partial charge in [0, 0.05) is 18.2 Å². The first kappa shape index (κ1) is 24.8. The highest BCUT2D eigenvalue weighted by molar-refractivity contribution is 6.55. The van der Waals surface area contributed by atoms with Crippen LogP contribution in [0.15, 0.2) is 34.8 Å². The van der Waals surface area contributed by atoms with Gasteiger partial charge in [-0.1, -0.05) is 46.4 Å². The summed E-state index contributed by atoms with van der Waals surface area (Å²) in [5.74, 6) is -1.83. The molecule has 0 aliphatic carbocycles. The van der Waals surface area contributed by atoms with Crippen molar-refractivity contribution in [1.82, 2.24) is 0 Å². The lowest BCUT2D eigenvalue weighted by Crippen LogP contribution is -2.10. The van der Waals surface area contributed by atoms with Crippen LogP contribution in [0, 0.1) is 20.2 Å². The van der Waals surface area contributed by atoms with Crippen molar-refractivity contribution in [2.24, 2.45) is 0 Å². The topological polar surface area (TPSA) is 105 Å². The van der Waals surface area contributed by atoms with E-state index in [-0.39, 0.29) is 33.0 Å². The number of hydrogen-bond donors (Lipinski definition) is 0. The maximum absolute atomic E-state index is 13.5. The van der Waals surface area contributed by atoms with Crippen LogP contribution in [0.5, 0.6) is 17.2 Å². The Labute approximate surface area is 191 Å². The van der Waals surface area contributed by atoms with Crippen LogP contribution < -0.4 is 9.47 Å². The highest BCUT2D eigenvalue weighted by Gasteiger charge is 2.41. The number of nitrogens with zero attached hydrogens (tertiary/aromatic N) is 2. The van der Waals surface area contributed by atoms with Gasteiger partial charge in [-0.25, -0.2) is 0 Å². The Hall–Kier alpha value is -2.47. The van der Waals surface area contributed by atoms with Crippen LogP contribution in [0.3, 0.4) is 0 Å². The fraction of sp³-hybridized carbons (Fsp3) is 0.125. The molecule has 0 radical (unpaired) electrons. The standard InChI is InChI=1S/C16H7Cl4F3N2O6/c17-10-5-8(30-2-1-13(19)20)6-11(18)15(10)31-14-9(16(21,22)23)3-7(24(26)27)4-12(14)25(28)29/h1,3-6H,2H2. The lowest BCUT2D eigenvalue weighted by atomic mass is 10.1. The van der Waals surface area contributed by atoms with E-state index in [0.29, 0.717) is 6.07 Å². The number of hydrogen-bond acceptors (Lipinski definition) is 6. The lowest BCUT2D eigenvalue weighted by Gasteiger charge is -2.16. The monoisotopic (exact) mass is 520 g/mol. The van der Waals surface area contributed by atoms with E-state index < -0.39 is 44.5 Å². The highest BCUT2D eigenvalue weighted by Crippen LogP contribution is 2.48. The van der Waals surface area contributed by atoms with Crippen LogP contribution in [-0.2, 0) is 6.18 Å². The minimum Gasteiger partial charge on any atom is -0.489 e. The summed E-state index contributed by atoms with van der Waals surface area (Å²) in [7, 11) is 0. The SMILES string of the molecule is O=[N+]([O-])c1cc([N+](=O)[O-])c(Oc2c(Cl)cc(OCC=C(Cl)Cl)cc2Cl)c(C(F)(F)F)c1. The van der Waals surface area contributed by atoms with Gasteiger partial charge in [0.15, 0.2) is 5.75 Å². The third-order valence-electron chi connectivity index (χ3n) is 3.43. The molecule has 2 rings (SSSR count). The van der Waals surface area contributed by atoms with E-state index >= 15 is 0 Å². The molecule has 0 unspecified atom stereocenters. The largest absolute Gasteiger partial charge is 0.489 e. The fourth-order valence-corrected chi connectivity index (χ4v) is 2.85. The molecule has 0 saturated heterocycles. The van der Waals surface area contributed by atoms with Gasteiger partial charge in [0.2, 0.25) is 5.75 Å². The zero-order chi connectivity index (χ0) is 23.5. The summed E-state index contributed by atoms with van der Waals surface area (Å²) in [5.41, 5.74) is -4.23. The molecule has 2 aromatic carbocycles. The first-order valence-electron chi connectivity index (χ1n) is 7.66. The molecule has 0 aromatic heterocycles. The molecule has 0 fully saturated rings.